The Balaban J connectivity index is 1.33. The lowest BCUT2D eigenvalue weighted by atomic mass is 9.85. The number of rotatable bonds is 6. The summed E-state index contributed by atoms with van der Waals surface area (Å²) in [5.41, 5.74) is 10.0. The fourth-order valence-corrected chi connectivity index (χ4v) is 6.10. The second-order valence-electron chi connectivity index (χ2n) is 13.6. The lowest BCUT2D eigenvalue weighted by Crippen LogP contribution is -2.47. The van der Waals surface area contributed by atoms with E-state index in [0.29, 0.717) is 41.5 Å². The van der Waals surface area contributed by atoms with Crippen LogP contribution in [0.2, 0.25) is 0 Å². The molecule has 5 rings (SSSR count). The van der Waals surface area contributed by atoms with Crippen LogP contribution in [-0.4, -0.2) is 45.0 Å². The maximum atomic E-state index is 13.4. The molecule has 0 spiro atoms. The Hall–Kier alpha value is -4.90. The Kier molecular flexibility index (Phi) is 10.7. The number of nitrogens with one attached hydrogen (secondary N) is 4. The number of fused-ring (bicyclic) bond motifs is 1. The average Bonchev–Trinajstić information content (AvgIpc) is 3.06. The first kappa shape index (κ1) is 34.4. The van der Waals surface area contributed by atoms with E-state index < -0.39 is 6.03 Å². The first-order valence-electron chi connectivity index (χ1n) is 16.6. The minimum atomic E-state index is -0.415. The van der Waals surface area contributed by atoms with Crippen LogP contribution in [0.1, 0.15) is 88.6 Å². The van der Waals surface area contributed by atoms with Gasteiger partial charge in [0.1, 0.15) is 23.2 Å². The summed E-state index contributed by atoms with van der Waals surface area (Å²) in [6.45, 7) is 8.78. The monoisotopic (exact) mass is 652 g/mol. The predicted molar refractivity (Wildman–Crippen MR) is 188 cm³/mol. The molecule has 1 fully saturated rings. The van der Waals surface area contributed by atoms with Crippen LogP contribution in [0.25, 0.3) is 0 Å². The van der Waals surface area contributed by atoms with Crippen LogP contribution in [0.3, 0.4) is 0 Å². The van der Waals surface area contributed by atoms with Crippen molar-refractivity contribution in [1.82, 2.24) is 20.1 Å². The van der Waals surface area contributed by atoms with Gasteiger partial charge in [0.25, 0.3) is 0 Å². The standard InChI is InChI=1S/C37H48N8O3/c1-24-10-7-8-19-44(24)35(40)45-22-27(15-18-33(45)39)48-31-17-16-30(28-13-5-6-14-29(28)31)42-36(47)43-34(21-32(38)37(2,3)4)41-26-12-9-11-25(20-26)23-46/h5-6,9,11-15,18,20-22,24,30-31,39-40,46H,7-8,10,16-17,19,23,38H2,1-4H3,(H2,41,42,43,47)/b32-21-,39-33?,40-35?/t24-,30?,31?/m0/s1. The molecule has 1 aliphatic carbocycles. The number of amidine groups is 1. The molecule has 254 valence electrons. The molecule has 0 radical (unpaired) electrons. The Morgan fingerprint density at radius 1 is 1.08 bits per heavy atom. The van der Waals surface area contributed by atoms with E-state index in [0.717, 1.165) is 36.9 Å². The van der Waals surface area contributed by atoms with E-state index in [-0.39, 0.29) is 41.5 Å². The molecule has 11 nitrogen and oxygen atoms in total. The number of benzene rings is 2. The number of carbonyl (C=O) groups is 1. The van der Waals surface area contributed by atoms with Gasteiger partial charge >= 0.3 is 6.03 Å². The quantitative estimate of drug-likeness (QED) is 0.142. The topological polar surface area (TPSA) is 165 Å². The SMILES string of the molecule is C[C@H]1CCCCN1C(=N)n1cc(OC2CCC(NC(=O)NC(/C=C(\N)C(C)(C)C)=Nc3cccc(CO)c3)c3ccccc32)ccc1=N. The second-order valence-corrected chi connectivity index (χ2v) is 13.6. The van der Waals surface area contributed by atoms with Gasteiger partial charge in [-0.1, -0.05) is 57.2 Å². The van der Waals surface area contributed by atoms with Gasteiger partial charge in [-0.05, 0) is 80.0 Å². The molecule has 0 bridgehead atoms. The van der Waals surface area contributed by atoms with Gasteiger partial charge in [0.15, 0.2) is 0 Å². The summed E-state index contributed by atoms with van der Waals surface area (Å²) in [6.07, 6.45) is 7.66. The van der Waals surface area contributed by atoms with Gasteiger partial charge in [-0.25, -0.2) is 9.79 Å². The van der Waals surface area contributed by atoms with Crippen molar-refractivity contribution in [3.8, 4) is 5.75 Å². The highest BCUT2D eigenvalue weighted by molar-refractivity contribution is 6.05. The Bertz CT molecular complexity index is 1760. The molecule has 2 heterocycles. The fraction of sp³-hybridized carbons (Fsp3) is 0.405. The minimum Gasteiger partial charge on any atom is -0.484 e. The fourth-order valence-electron chi connectivity index (χ4n) is 6.10. The van der Waals surface area contributed by atoms with Gasteiger partial charge in [0, 0.05) is 29.8 Å². The molecule has 48 heavy (non-hydrogen) atoms. The van der Waals surface area contributed by atoms with Crippen LogP contribution < -0.4 is 26.6 Å². The third-order valence-corrected chi connectivity index (χ3v) is 8.99. The largest absolute Gasteiger partial charge is 0.484 e. The van der Waals surface area contributed by atoms with Crippen molar-refractivity contribution in [3.05, 3.63) is 101 Å². The molecular weight excluding hydrogens is 604 g/mol. The average molecular weight is 653 g/mol. The predicted octanol–water partition coefficient (Wildman–Crippen LogP) is 5.99. The van der Waals surface area contributed by atoms with Gasteiger partial charge in [0.2, 0.25) is 5.96 Å². The normalized spacial score (nSPS) is 20.1. The van der Waals surface area contributed by atoms with Crippen molar-refractivity contribution >= 4 is 23.5 Å². The second kappa shape index (κ2) is 14.9. The van der Waals surface area contributed by atoms with Crippen molar-refractivity contribution in [1.29, 1.82) is 10.8 Å². The number of piperidine rings is 1. The third kappa shape index (κ3) is 8.32. The van der Waals surface area contributed by atoms with Crippen LogP contribution in [0.15, 0.2) is 83.6 Å². The molecule has 2 aliphatic rings. The van der Waals surface area contributed by atoms with Gasteiger partial charge < -0.3 is 25.8 Å². The van der Waals surface area contributed by atoms with Crippen LogP contribution in [0, 0.1) is 16.2 Å². The molecule has 11 heteroatoms. The number of likely N-dealkylation sites (tertiary alicyclic amines) is 1. The van der Waals surface area contributed by atoms with E-state index in [1.54, 1.807) is 53.2 Å². The van der Waals surface area contributed by atoms with E-state index >= 15 is 0 Å². The van der Waals surface area contributed by atoms with Crippen molar-refractivity contribution in [2.45, 2.75) is 84.6 Å². The summed E-state index contributed by atoms with van der Waals surface area (Å²) in [7, 11) is 0. The van der Waals surface area contributed by atoms with Gasteiger partial charge in [-0.2, -0.15) is 0 Å². The summed E-state index contributed by atoms with van der Waals surface area (Å²) >= 11 is 0. The van der Waals surface area contributed by atoms with Crippen molar-refractivity contribution in [2.24, 2.45) is 16.1 Å². The number of amides is 2. The molecule has 1 aliphatic heterocycles. The van der Waals surface area contributed by atoms with Gasteiger partial charge in [-0.3, -0.25) is 20.7 Å². The zero-order chi connectivity index (χ0) is 34.4. The highest BCUT2D eigenvalue weighted by Gasteiger charge is 2.30. The van der Waals surface area contributed by atoms with Crippen molar-refractivity contribution in [3.63, 3.8) is 0 Å². The molecule has 1 saturated heterocycles. The highest BCUT2D eigenvalue weighted by atomic mass is 16.5. The third-order valence-electron chi connectivity index (χ3n) is 8.99. The number of hydrogen-bond donors (Lipinski definition) is 6. The number of aliphatic hydroxyl groups is 1. The maximum absolute atomic E-state index is 13.4. The molecule has 2 amide bonds. The number of aliphatic hydroxyl groups excluding tert-OH is 1. The Morgan fingerprint density at radius 3 is 2.58 bits per heavy atom. The number of ether oxygens (including phenoxy) is 1. The van der Waals surface area contributed by atoms with E-state index in [1.165, 1.54) is 0 Å². The number of pyridine rings is 1. The van der Waals surface area contributed by atoms with Crippen molar-refractivity contribution in [2.75, 3.05) is 6.54 Å². The van der Waals surface area contributed by atoms with E-state index in [9.17, 15) is 9.90 Å². The summed E-state index contributed by atoms with van der Waals surface area (Å²) in [5.74, 6) is 1.16. The van der Waals surface area contributed by atoms with Crippen LogP contribution in [0.5, 0.6) is 5.75 Å². The van der Waals surface area contributed by atoms with Crippen LogP contribution in [0.4, 0.5) is 10.5 Å². The lowest BCUT2D eigenvalue weighted by Gasteiger charge is -2.36. The lowest BCUT2D eigenvalue weighted by molar-refractivity contribution is 0.170. The van der Waals surface area contributed by atoms with E-state index in [4.69, 9.17) is 21.3 Å². The molecule has 1 aromatic heterocycles. The summed E-state index contributed by atoms with van der Waals surface area (Å²) in [5, 5.41) is 32.9. The number of allylic oxidation sites excluding steroid dienone is 1. The van der Waals surface area contributed by atoms with Crippen LogP contribution in [-0.2, 0) is 6.61 Å². The molecule has 3 aromatic rings. The smallest absolute Gasteiger partial charge is 0.320 e. The van der Waals surface area contributed by atoms with E-state index in [1.807, 2.05) is 45.0 Å². The molecule has 0 saturated carbocycles. The molecule has 3 atom stereocenters. The van der Waals surface area contributed by atoms with Crippen LogP contribution >= 0.6 is 0 Å². The maximum Gasteiger partial charge on any atom is 0.320 e. The number of carbonyl (C=O) groups excluding carboxylic acids is 1. The Labute approximate surface area is 282 Å². The first-order valence-corrected chi connectivity index (χ1v) is 16.6. The number of urea groups is 1. The number of aliphatic imine (C=N–C) groups is 1. The number of hydrogen-bond acceptors (Lipinski definition) is 7. The first-order chi connectivity index (χ1) is 22.9. The Morgan fingerprint density at radius 2 is 1.85 bits per heavy atom. The molecule has 2 aromatic carbocycles. The number of aromatic nitrogens is 1. The summed E-state index contributed by atoms with van der Waals surface area (Å²) in [4.78, 5) is 20.1. The summed E-state index contributed by atoms with van der Waals surface area (Å²) < 4.78 is 8.10. The van der Waals surface area contributed by atoms with Gasteiger partial charge in [-0.15, -0.1) is 0 Å². The summed E-state index contributed by atoms with van der Waals surface area (Å²) in [6, 6.07) is 18.1. The molecule has 7 N–H and O–H groups in total. The number of nitrogens with two attached hydrogens (primary N) is 1. The minimum absolute atomic E-state index is 0.116. The van der Waals surface area contributed by atoms with Gasteiger partial charge in [0.05, 0.1) is 24.5 Å². The highest BCUT2D eigenvalue weighted by Crippen LogP contribution is 2.38. The zero-order valence-electron chi connectivity index (χ0n) is 28.3. The molecular formula is C37H48N8O3. The zero-order valence-corrected chi connectivity index (χ0v) is 28.3. The molecule has 2 unspecified atom stereocenters. The van der Waals surface area contributed by atoms with E-state index in [2.05, 4.69) is 27.4 Å². The number of nitrogens with zero attached hydrogens (tertiary/aromatic N) is 3. The van der Waals surface area contributed by atoms with Crippen molar-refractivity contribution < 1.29 is 14.6 Å².